The largest absolute Gasteiger partial charge is 0.391 e. The number of benzene rings is 1. The Bertz CT molecular complexity index is 642. The minimum Gasteiger partial charge on any atom is -0.391 e. The molecule has 1 aromatic carbocycles. The van der Waals surface area contributed by atoms with Crippen LogP contribution in [0.25, 0.3) is 0 Å². The fraction of sp³-hybridized carbons (Fsp3) is 0.579. The lowest BCUT2D eigenvalue weighted by Gasteiger charge is -2.35. The van der Waals surface area contributed by atoms with Crippen LogP contribution in [0, 0.1) is 0 Å². The zero-order valence-electron chi connectivity index (χ0n) is 15.0. The summed E-state index contributed by atoms with van der Waals surface area (Å²) in [6, 6.07) is 7.34. The average Bonchev–Trinajstić information content (AvgIpc) is 3.01. The predicted octanol–water partition coefficient (Wildman–Crippen LogP) is 0.748. The Morgan fingerprint density at radius 3 is 2.52 bits per heavy atom. The third-order valence-corrected chi connectivity index (χ3v) is 5.17. The number of piperazine rings is 1. The van der Waals surface area contributed by atoms with E-state index in [2.05, 4.69) is 48.7 Å². The van der Waals surface area contributed by atoms with Crippen LogP contribution in [-0.4, -0.2) is 52.6 Å². The lowest BCUT2D eigenvalue weighted by atomic mass is 10.0. The highest BCUT2D eigenvalue weighted by atomic mass is 16.3. The third kappa shape index (κ3) is 3.70. The minimum atomic E-state index is -0.885. The summed E-state index contributed by atoms with van der Waals surface area (Å²) in [6.07, 6.45) is -0.280. The first-order valence-corrected chi connectivity index (χ1v) is 8.98. The van der Waals surface area contributed by atoms with E-state index in [-0.39, 0.29) is 17.9 Å². The Morgan fingerprint density at radius 2 is 1.92 bits per heavy atom. The summed E-state index contributed by atoms with van der Waals surface area (Å²) >= 11 is 0. The van der Waals surface area contributed by atoms with Crippen molar-refractivity contribution in [2.75, 3.05) is 6.54 Å². The predicted molar refractivity (Wildman–Crippen MR) is 94.9 cm³/mol. The van der Waals surface area contributed by atoms with Crippen LogP contribution < -0.4 is 10.6 Å². The van der Waals surface area contributed by atoms with E-state index in [0.717, 1.165) is 0 Å². The molecule has 2 aliphatic heterocycles. The Balaban J connectivity index is 1.59. The van der Waals surface area contributed by atoms with Crippen molar-refractivity contribution in [1.29, 1.82) is 0 Å². The van der Waals surface area contributed by atoms with Crippen LogP contribution in [0.15, 0.2) is 24.3 Å². The summed E-state index contributed by atoms with van der Waals surface area (Å²) in [4.78, 5) is 26.3. The Kier molecular flexibility index (Phi) is 5.11. The number of nitrogens with zero attached hydrogens (tertiary/aromatic N) is 1. The van der Waals surface area contributed by atoms with Gasteiger partial charge in [0.1, 0.15) is 12.1 Å². The Labute approximate surface area is 148 Å². The monoisotopic (exact) mass is 345 g/mol. The number of hydrogen-bond acceptors (Lipinski definition) is 4. The van der Waals surface area contributed by atoms with Crippen molar-refractivity contribution in [3.8, 4) is 0 Å². The van der Waals surface area contributed by atoms with Gasteiger partial charge in [-0.25, -0.2) is 0 Å². The molecule has 2 saturated heterocycles. The van der Waals surface area contributed by atoms with Gasteiger partial charge in [-0.05, 0) is 30.4 Å². The summed E-state index contributed by atoms with van der Waals surface area (Å²) in [5.74, 6) is 0.153. The van der Waals surface area contributed by atoms with Gasteiger partial charge in [0, 0.05) is 19.1 Å². The molecule has 25 heavy (non-hydrogen) atoms. The molecule has 0 saturated carbocycles. The second kappa shape index (κ2) is 7.14. The van der Waals surface area contributed by atoms with Gasteiger partial charge in [-0.15, -0.1) is 0 Å². The third-order valence-electron chi connectivity index (χ3n) is 5.17. The van der Waals surface area contributed by atoms with E-state index in [1.165, 1.54) is 18.1 Å². The minimum absolute atomic E-state index is 0.0808. The molecule has 0 aromatic heterocycles. The molecule has 0 aliphatic carbocycles. The number of carbonyl (C=O) groups excluding carboxylic acids is 2. The highest BCUT2D eigenvalue weighted by molar-refractivity contribution is 5.97. The highest BCUT2D eigenvalue weighted by Crippen LogP contribution is 2.24. The summed E-state index contributed by atoms with van der Waals surface area (Å²) in [5.41, 5.74) is 2.50. The van der Waals surface area contributed by atoms with Gasteiger partial charge in [-0.2, -0.15) is 0 Å². The first kappa shape index (κ1) is 17.9. The average molecular weight is 345 g/mol. The van der Waals surface area contributed by atoms with Crippen LogP contribution in [0.4, 0.5) is 0 Å². The van der Waals surface area contributed by atoms with E-state index in [4.69, 9.17) is 0 Å². The van der Waals surface area contributed by atoms with Crippen molar-refractivity contribution in [3.63, 3.8) is 0 Å². The van der Waals surface area contributed by atoms with Crippen LogP contribution in [0.2, 0.25) is 0 Å². The molecule has 6 heteroatoms. The van der Waals surface area contributed by atoms with Gasteiger partial charge in [0.05, 0.1) is 6.10 Å². The number of rotatable bonds is 5. The van der Waals surface area contributed by atoms with E-state index in [9.17, 15) is 14.7 Å². The summed E-state index contributed by atoms with van der Waals surface area (Å²) in [6.45, 7) is 7.08. The summed E-state index contributed by atoms with van der Waals surface area (Å²) in [7, 11) is 0. The maximum Gasteiger partial charge on any atom is 0.248 e. The molecule has 6 nitrogen and oxygen atoms in total. The zero-order valence-corrected chi connectivity index (χ0v) is 15.0. The van der Waals surface area contributed by atoms with Gasteiger partial charge < -0.3 is 20.6 Å². The van der Waals surface area contributed by atoms with Crippen LogP contribution in [0.1, 0.15) is 44.2 Å². The molecule has 3 rings (SSSR count). The van der Waals surface area contributed by atoms with Crippen molar-refractivity contribution in [2.24, 2.45) is 0 Å². The quantitative estimate of drug-likeness (QED) is 0.735. The van der Waals surface area contributed by atoms with E-state index in [1.54, 1.807) is 4.90 Å². The van der Waals surface area contributed by atoms with Crippen LogP contribution in [0.3, 0.4) is 0 Å². The van der Waals surface area contributed by atoms with E-state index < -0.39 is 18.2 Å². The molecule has 2 amide bonds. The summed E-state index contributed by atoms with van der Waals surface area (Å²) in [5, 5.41) is 15.8. The molecular weight excluding hydrogens is 318 g/mol. The molecule has 0 spiro atoms. The van der Waals surface area contributed by atoms with Crippen LogP contribution in [0.5, 0.6) is 0 Å². The molecule has 4 atom stereocenters. The van der Waals surface area contributed by atoms with Crippen molar-refractivity contribution in [3.05, 3.63) is 35.4 Å². The molecule has 2 heterocycles. The lowest BCUT2D eigenvalue weighted by Crippen LogP contribution is -2.64. The van der Waals surface area contributed by atoms with Gasteiger partial charge in [0.15, 0.2) is 0 Å². The standard InChI is InChI=1S/C19H27N3O3/c1-11(2)14-6-4-13(5-7-14)9-20-15-8-16-18(24)21-17(12(3)23)19(25)22(16)10-15/h4-7,11-12,15-17,20,23H,8-10H2,1-3H3,(H,21,24)/t12-,15-,16-,17+/m0/s1. The molecule has 3 N–H and O–H groups in total. The second-order valence-corrected chi connectivity index (χ2v) is 7.44. The Hall–Kier alpha value is -1.92. The van der Waals surface area contributed by atoms with Crippen molar-refractivity contribution in [2.45, 2.75) is 63.9 Å². The topological polar surface area (TPSA) is 81.7 Å². The molecule has 0 radical (unpaired) electrons. The maximum atomic E-state index is 12.4. The normalized spacial score (nSPS) is 27.4. The van der Waals surface area contributed by atoms with Gasteiger partial charge in [0.25, 0.3) is 0 Å². The van der Waals surface area contributed by atoms with Gasteiger partial charge in [0.2, 0.25) is 11.8 Å². The highest BCUT2D eigenvalue weighted by Gasteiger charge is 2.47. The second-order valence-electron chi connectivity index (χ2n) is 7.44. The van der Waals surface area contributed by atoms with Crippen LogP contribution in [-0.2, 0) is 16.1 Å². The zero-order chi connectivity index (χ0) is 18.1. The van der Waals surface area contributed by atoms with Crippen molar-refractivity contribution >= 4 is 11.8 Å². The van der Waals surface area contributed by atoms with Crippen molar-refractivity contribution < 1.29 is 14.7 Å². The smallest absolute Gasteiger partial charge is 0.248 e. The van der Waals surface area contributed by atoms with Gasteiger partial charge in [-0.3, -0.25) is 9.59 Å². The molecule has 2 fully saturated rings. The lowest BCUT2D eigenvalue weighted by molar-refractivity contribution is -0.149. The number of fused-ring (bicyclic) bond motifs is 1. The number of nitrogens with one attached hydrogen (secondary N) is 2. The molecule has 0 unspecified atom stereocenters. The molecule has 1 aromatic rings. The molecule has 136 valence electrons. The first-order valence-electron chi connectivity index (χ1n) is 8.98. The van der Waals surface area contributed by atoms with E-state index >= 15 is 0 Å². The fourth-order valence-corrected chi connectivity index (χ4v) is 3.58. The fourth-order valence-electron chi connectivity index (χ4n) is 3.58. The van der Waals surface area contributed by atoms with E-state index in [1.807, 2.05) is 0 Å². The van der Waals surface area contributed by atoms with Crippen LogP contribution >= 0.6 is 0 Å². The number of hydrogen-bond donors (Lipinski definition) is 3. The Morgan fingerprint density at radius 1 is 1.24 bits per heavy atom. The number of aliphatic hydroxyl groups is 1. The molecule has 2 aliphatic rings. The van der Waals surface area contributed by atoms with Gasteiger partial charge >= 0.3 is 0 Å². The number of carbonyl (C=O) groups is 2. The van der Waals surface area contributed by atoms with E-state index in [0.29, 0.717) is 25.4 Å². The number of aliphatic hydroxyl groups excluding tert-OH is 1. The SMILES string of the molecule is CC(C)c1ccc(CN[C@H]2C[C@H]3C(=O)N[C@H]([C@H](C)O)C(=O)N3C2)cc1. The van der Waals surface area contributed by atoms with Gasteiger partial charge in [-0.1, -0.05) is 38.1 Å². The first-order chi connectivity index (χ1) is 11.9. The number of amides is 2. The summed E-state index contributed by atoms with van der Waals surface area (Å²) < 4.78 is 0. The molecular formula is C19H27N3O3. The van der Waals surface area contributed by atoms with Crippen molar-refractivity contribution in [1.82, 2.24) is 15.5 Å². The maximum absolute atomic E-state index is 12.4. The molecule has 0 bridgehead atoms.